The van der Waals surface area contributed by atoms with Gasteiger partial charge in [0.25, 0.3) is 0 Å². The molecule has 2 rings (SSSR count). The molecule has 1 unspecified atom stereocenters. The zero-order chi connectivity index (χ0) is 16.5. The Labute approximate surface area is 126 Å². The van der Waals surface area contributed by atoms with Crippen LogP contribution in [-0.4, -0.2) is 25.8 Å². The third kappa shape index (κ3) is 3.20. The van der Waals surface area contributed by atoms with Crippen LogP contribution in [-0.2, 0) is 4.57 Å². The van der Waals surface area contributed by atoms with E-state index in [4.69, 9.17) is 0 Å². The zero-order valence-electron chi connectivity index (χ0n) is 11.7. The molecule has 2 aromatic carbocycles. The Hall–Kier alpha value is -2.14. The number of benzene rings is 2. The first-order chi connectivity index (χ1) is 10.2. The van der Waals surface area contributed by atoms with E-state index in [0.717, 1.165) is 6.07 Å². The van der Waals surface area contributed by atoms with Gasteiger partial charge in [-0.3, -0.25) is 9.36 Å². The first-order valence-electron chi connectivity index (χ1n) is 6.43. The second-order valence-electron chi connectivity index (χ2n) is 4.90. The molecule has 7 heteroatoms. The standard InChI is InChI=1S/C15H15O6P/c1-9(10-4-2-5-11(16)8-10)15(18)14-12(17)6-3-7-13(14)22(19,20)21/h2-9,16-17H,1H3,(H2,19,20,21). The van der Waals surface area contributed by atoms with Crippen LogP contribution in [0.15, 0.2) is 42.5 Å². The highest BCUT2D eigenvalue weighted by Gasteiger charge is 2.30. The molecule has 0 spiro atoms. The summed E-state index contributed by atoms with van der Waals surface area (Å²) in [6.07, 6.45) is 0. The van der Waals surface area contributed by atoms with Crippen LogP contribution in [0.3, 0.4) is 0 Å². The van der Waals surface area contributed by atoms with Crippen molar-refractivity contribution in [2.75, 3.05) is 0 Å². The number of hydrogen-bond acceptors (Lipinski definition) is 4. The summed E-state index contributed by atoms with van der Waals surface area (Å²) in [4.78, 5) is 31.3. The van der Waals surface area contributed by atoms with Crippen molar-refractivity contribution in [1.29, 1.82) is 0 Å². The second kappa shape index (κ2) is 5.93. The van der Waals surface area contributed by atoms with Crippen molar-refractivity contribution in [3.63, 3.8) is 0 Å². The molecule has 0 fully saturated rings. The Morgan fingerprint density at radius 2 is 1.73 bits per heavy atom. The lowest BCUT2D eigenvalue weighted by Gasteiger charge is -2.16. The molecule has 0 amide bonds. The molecule has 0 saturated heterocycles. The van der Waals surface area contributed by atoms with Gasteiger partial charge in [0, 0.05) is 5.92 Å². The van der Waals surface area contributed by atoms with E-state index in [1.807, 2.05) is 0 Å². The molecule has 22 heavy (non-hydrogen) atoms. The third-order valence-corrected chi connectivity index (χ3v) is 4.34. The van der Waals surface area contributed by atoms with Crippen molar-refractivity contribution >= 4 is 18.7 Å². The normalized spacial score (nSPS) is 12.9. The van der Waals surface area contributed by atoms with E-state index in [1.165, 1.54) is 31.2 Å². The molecule has 0 aliphatic heterocycles. The molecule has 0 radical (unpaired) electrons. The van der Waals surface area contributed by atoms with Crippen LogP contribution in [0.4, 0.5) is 0 Å². The molecule has 0 bridgehead atoms. The number of Topliss-reactive ketones (excluding diaryl/α,β-unsaturated/α-hetero) is 1. The number of phenols is 2. The summed E-state index contributed by atoms with van der Waals surface area (Å²) in [5.41, 5.74) is 0.0802. The molecule has 4 N–H and O–H groups in total. The van der Waals surface area contributed by atoms with Crippen molar-refractivity contribution in [2.45, 2.75) is 12.8 Å². The monoisotopic (exact) mass is 322 g/mol. The average molecular weight is 322 g/mol. The molecule has 0 saturated carbocycles. The fraction of sp³-hybridized carbons (Fsp3) is 0.133. The highest BCUT2D eigenvalue weighted by molar-refractivity contribution is 7.60. The lowest BCUT2D eigenvalue weighted by molar-refractivity contribution is 0.0964. The van der Waals surface area contributed by atoms with Gasteiger partial charge in [-0.1, -0.05) is 25.1 Å². The van der Waals surface area contributed by atoms with Crippen molar-refractivity contribution in [3.05, 3.63) is 53.6 Å². The van der Waals surface area contributed by atoms with Crippen LogP contribution in [0.2, 0.25) is 0 Å². The predicted octanol–water partition coefficient (Wildman–Crippen LogP) is 1.89. The predicted molar refractivity (Wildman–Crippen MR) is 80.6 cm³/mol. The van der Waals surface area contributed by atoms with Gasteiger partial charge in [-0.15, -0.1) is 0 Å². The number of ketones is 1. The van der Waals surface area contributed by atoms with Crippen molar-refractivity contribution < 1.29 is 29.4 Å². The van der Waals surface area contributed by atoms with E-state index < -0.39 is 35.9 Å². The number of carbonyl (C=O) groups excluding carboxylic acids is 1. The molecule has 116 valence electrons. The minimum absolute atomic E-state index is 0.0235. The van der Waals surface area contributed by atoms with Crippen molar-refractivity contribution in [3.8, 4) is 11.5 Å². The summed E-state index contributed by atoms with van der Waals surface area (Å²) in [6, 6.07) is 9.58. The summed E-state index contributed by atoms with van der Waals surface area (Å²) in [7, 11) is -4.71. The van der Waals surface area contributed by atoms with Gasteiger partial charge in [0.1, 0.15) is 11.5 Å². The molecule has 6 nitrogen and oxygen atoms in total. The van der Waals surface area contributed by atoms with Gasteiger partial charge in [-0.2, -0.15) is 0 Å². The molecule has 0 aromatic heterocycles. The lowest BCUT2D eigenvalue weighted by Crippen LogP contribution is -2.20. The largest absolute Gasteiger partial charge is 0.508 e. The van der Waals surface area contributed by atoms with Crippen LogP contribution in [0.1, 0.15) is 28.8 Å². The molecular weight excluding hydrogens is 307 g/mol. The third-order valence-electron chi connectivity index (χ3n) is 3.34. The fourth-order valence-electron chi connectivity index (χ4n) is 2.19. The molecule has 1 atom stereocenters. The van der Waals surface area contributed by atoms with E-state index in [9.17, 15) is 29.4 Å². The quantitative estimate of drug-likeness (QED) is 0.505. The maximum atomic E-state index is 12.6. The molecular formula is C15H15O6P. The molecule has 0 aliphatic carbocycles. The maximum absolute atomic E-state index is 12.6. The smallest absolute Gasteiger partial charge is 0.357 e. The van der Waals surface area contributed by atoms with E-state index in [2.05, 4.69) is 0 Å². The second-order valence-corrected chi connectivity index (χ2v) is 6.47. The van der Waals surface area contributed by atoms with Crippen LogP contribution >= 0.6 is 7.60 Å². The summed E-state index contributed by atoms with van der Waals surface area (Å²) in [5, 5.41) is 18.8. The van der Waals surface area contributed by atoms with Gasteiger partial charge >= 0.3 is 7.60 Å². The Bertz CT molecular complexity index is 764. The van der Waals surface area contributed by atoms with E-state index >= 15 is 0 Å². The Kier molecular flexibility index (Phi) is 4.37. The Morgan fingerprint density at radius 1 is 1.09 bits per heavy atom. The van der Waals surface area contributed by atoms with Crippen LogP contribution in [0, 0.1) is 0 Å². The SMILES string of the molecule is CC(C(=O)c1c(O)cccc1P(=O)(O)O)c1cccc(O)c1. The fourth-order valence-corrected chi connectivity index (χ4v) is 2.98. The molecule has 0 aliphatic rings. The summed E-state index contributed by atoms with van der Waals surface area (Å²) in [6.45, 7) is 1.53. The van der Waals surface area contributed by atoms with Gasteiger partial charge in [0.05, 0.1) is 10.9 Å². The summed E-state index contributed by atoms with van der Waals surface area (Å²) in [5.74, 6) is -1.94. The molecule has 0 heterocycles. The van der Waals surface area contributed by atoms with Gasteiger partial charge < -0.3 is 20.0 Å². The van der Waals surface area contributed by atoms with Gasteiger partial charge in [0.15, 0.2) is 5.78 Å². The number of phenolic OH excluding ortho intramolecular Hbond substituents is 2. The van der Waals surface area contributed by atoms with Crippen LogP contribution in [0.5, 0.6) is 11.5 Å². The van der Waals surface area contributed by atoms with E-state index in [-0.39, 0.29) is 5.75 Å². The van der Waals surface area contributed by atoms with E-state index in [0.29, 0.717) is 5.56 Å². The lowest BCUT2D eigenvalue weighted by atomic mass is 9.92. The van der Waals surface area contributed by atoms with Crippen molar-refractivity contribution in [2.24, 2.45) is 0 Å². The minimum Gasteiger partial charge on any atom is -0.508 e. The maximum Gasteiger partial charge on any atom is 0.357 e. The number of rotatable bonds is 4. The average Bonchev–Trinajstić information content (AvgIpc) is 2.44. The summed E-state index contributed by atoms with van der Waals surface area (Å²) >= 11 is 0. The van der Waals surface area contributed by atoms with Crippen molar-refractivity contribution in [1.82, 2.24) is 0 Å². The van der Waals surface area contributed by atoms with Crippen LogP contribution in [0.25, 0.3) is 0 Å². The number of carbonyl (C=O) groups is 1. The van der Waals surface area contributed by atoms with Gasteiger partial charge in [-0.05, 0) is 29.8 Å². The Balaban J connectivity index is 2.52. The van der Waals surface area contributed by atoms with Gasteiger partial charge in [-0.25, -0.2) is 0 Å². The van der Waals surface area contributed by atoms with Crippen LogP contribution < -0.4 is 5.30 Å². The zero-order valence-corrected chi connectivity index (χ0v) is 12.6. The highest BCUT2D eigenvalue weighted by Crippen LogP contribution is 2.38. The number of aromatic hydroxyl groups is 2. The van der Waals surface area contributed by atoms with E-state index in [1.54, 1.807) is 12.1 Å². The molecule has 2 aromatic rings. The first-order valence-corrected chi connectivity index (χ1v) is 8.04. The topological polar surface area (TPSA) is 115 Å². The number of hydrogen-bond donors (Lipinski definition) is 4. The Morgan fingerprint density at radius 3 is 2.32 bits per heavy atom. The summed E-state index contributed by atoms with van der Waals surface area (Å²) < 4.78 is 11.5. The minimum atomic E-state index is -4.71. The highest BCUT2D eigenvalue weighted by atomic mass is 31.2. The first kappa shape index (κ1) is 16.2. The van der Waals surface area contributed by atoms with Gasteiger partial charge in [0.2, 0.25) is 0 Å².